The van der Waals surface area contributed by atoms with Gasteiger partial charge in [0.15, 0.2) is 10.9 Å². The zero-order chi connectivity index (χ0) is 19.5. The normalized spacial score (nSPS) is 10.6. The van der Waals surface area contributed by atoms with Crippen LogP contribution in [-0.4, -0.2) is 16.0 Å². The summed E-state index contributed by atoms with van der Waals surface area (Å²) in [5.41, 5.74) is 2.42. The fourth-order valence-electron chi connectivity index (χ4n) is 2.76. The Hall–Kier alpha value is -3.22. The van der Waals surface area contributed by atoms with Crippen molar-refractivity contribution in [1.29, 1.82) is 0 Å². The monoisotopic (exact) mass is 407 g/mol. The Bertz CT molecular complexity index is 1170. The minimum absolute atomic E-state index is 0.161. The predicted octanol–water partition coefficient (Wildman–Crippen LogP) is 5.28. The summed E-state index contributed by atoms with van der Waals surface area (Å²) >= 11 is 11.2. The fraction of sp³-hybridized carbons (Fsp3) is 0. The average Bonchev–Trinajstić information content (AvgIpc) is 3.19. The zero-order valence-corrected chi connectivity index (χ0v) is 16.1. The summed E-state index contributed by atoms with van der Waals surface area (Å²) in [6.07, 6.45) is 1.72. The number of nitrogens with zero attached hydrogens (tertiary/aromatic N) is 1. The second-order valence-electron chi connectivity index (χ2n) is 5.95. The van der Waals surface area contributed by atoms with Crippen molar-refractivity contribution in [3.8, 4) is 11.3 Å². The number of nitrogens with one attached hydrogen (secondary N) is 2. The molecule has 0 aliphatic heterocycles. The van der Waals surface area contributed by atoms with Gasteiger partial charge in [0.2, 0.25) is 0 Å². The lowest BCUT2D eigenvalue weighted by atomic mass is 10.2. The van der Waals surface area contributed by atoms with E-state index in [0.717, 1.165) is 22.2 Å². The van der Waals surface area contributed by atoms with Crippen molar-refractivity contribution in [2.24, 2.45) is 0 Å². The molecule has 2 N–H and O–H groups in total. The highest BCUT2D eigenvalue weighted by atomic mass is 35.5. The second kappa shape index (κ2) is 7.80. The molecule has 7 heteroatoms. The molecule has 0 aliphatic rings. The number of anilines is 1. The van der Waals surface area contributed by atoms with Crippen LogP contribution in [0.25, 0.3) is 22.2 Å². The lowest BCUT2D eigenvalue weighted by Gasteiger charge is -2.10. The third-order valence-corrected chi connectivity index (χ3v) is 4.54. The summed E-state index contributed by atoms with van der Waals surface area (Å²) in [6, 6.07) is 19.9. The van der Waals surface area contributed by atoms with Gasteiger partial charge in [-0.25, -0.2) is 0 Å². The van der Waals surface area contributed by atoms with E-state index in [4.69, 9.17) is 28.2 Å². The van der Waals surface area contributed by atoms with Gasteiger partial charge in [0.05, 0.1) is 5.52 Å². The van der Waals surface area contributed by atoms with Crippen molar-refractivity contribution in [3.05, 3.63) is 83.7 Å². The van der Waals surface area contributed by atoms with Crippen molar-refractivity contribution in [1.82, 2.24) is 10.3 Å². The minimum Gasteiger partial charge on any atom is -0.451 e. The largest absolute Gasteiger partial charge is 0.451 e. The van der Waals surface area contributed by atoms with E-state index in [1.165, 1.54) is 0 Å². The van der Waals surface area contributed by atoms with Crippen molar-refractivity contribution in [2.45, 2.75) is 0 Å². The topological polar surface area (TPSA) is 67.2 Å². The number of rotatable bonds is 3. The zero-order valence-electron chi connectivity index (χ0n) is 14.5. The Morgan fingerprint density at radius 2 is 1.82 bits per heavy atom. The second-order valence-corrected chi connectivity index (χ2v) is 6.80. The Labute approximate surface area is 171 Å². The van der Waals surface area contributed by atoms with Gasteiger partial charge < -0.3 is 9.73 Å². The van der Waals surface area contributed by atoms with E-state index in [2.05, 4.69) is 15.6 Å². The van der Waals surface area contributed by atoms with Gasteiger partial charge in [-0.15, -0.1) is 0 Å². The number of carbonyl (C=O) groups is 1. The van der Waals surface area contributed by atoms with E-state index in [1.807, 2.05) is 42.5 Å². The first-order valence-electron chi connectivity index (χ1n) is 8.42. The number of furan rings is 1. The molecule has 2 aromatic heterocycles. The molecule has 4 rings (SSSR count). The van der Waals surface area contributed by atoms with Crippen LogP contribution in [0.3, 0.4) is 0 Å². The Balaban J connectivity index is 1.46. The molecule has 0 radical (unpaired) electrons. The van der Waals surface area contributed by atoms with E-state index < -0.39 is 5.91 Å². The summed E-state index contributed by atoms with van der Waals surface area (Å²) in [6.45, 7) is 0. The summed E-state index contributed by atoms with van der Waals surface area (Å²) in [5, 5.41) is 7.37. The number of hydrogen-bond donors (Lipinski definition) is 2. The highest BCUT2D eigenvalue weighted by Gasteiger charge is 2.14. The maximum atomic E-state index is 12.4. The molecule has 0 fully saturated rings. The SMILES string of the molecule is O=C(NC(=S)Nc1cccc2ncccc12)c1ccc(-c2ccc(Cl)cc2)o1. The van der Waals surface area contributed by atoms with E-state index in [0.29, 0.717) is 10.8 Å². The summed E-state index contributed by atoms with van der Waals surface area (Å²) < 4.78 is 5.64. The molecule has 5 nitrogen and oxygen atoms in total. The van der Waals surface area contributed by atoms with Gasteiger partial charge in [-0.1, -0.05) is 17.7 Å². The number of hydrogen-bond acceptors (Lipinski definition) is 4. The van der Waals surface area contributed by atoms with E-state index in [9.17, 15) is 4.79 Å². The number of carbonyl (C=O) groups excluding carboxylic acids is 1. The molecule has 0 aliphatic carbocycles. The van der Waals surface area contributed by atoms with Crippen LogP contribution in [0.4, 0.5) is 5.69 Å². The summed E-state index contributed by atoms with van der Waals surface area (Å²) in [7, 11) is 0. The molecule has 4 aromatic rings. The molecule has 0 spiro atoms. The fourth-order valence-corrected chi connectivity index (χ4v) is 3.09. The summed E-state index contributed by atoms with van der Waals surface area (Å²) in [4.78, 5) is 16.7. The lowest BCUT2D eigenvalue weighted by molar-refractivity contribution is 0.0951. The van der Waals surface area contributed by atoms with Gasteiger partial charge in [0.1, 0.15) is 5.76 Å². The molecular formula is C21H14ClN3O2S. The van der Waals surface area contributed by atoms with Crippen LogP contribution in [-0.2, 0) is 0 Å². The van der Waals surface area contributed by atoms with Crippen molar-refractivity contribution in [2.75, 3.05) is 5.32 Å². The number of pyridine rings is 1. The molecule has 28 heavy (non-hydrogen) atoms. The van der Waals surface area contributed by atoms with E-state index >= 15 is 0 Å². The molecule has 2 aromatic carbocycles. The quantitative estimate of drug-likeness (QED) is 0.452. The maximum absolute atomic E-state index is 12.4. The number of halogens is 1. The number of amides is 1. The average molecular weight is 408 g/mol. The van der Waals surface area contributed by atoms with Gasteiger partial charge in [-0.05, 0) is 72.9 Å². The van der Waals surface area contributed by atoms with Gasteiger partial charge in [0, 0.05) is 27.9 Å². The number of benzene rings is 2. The summed E-state index contributed by atoms with van der Waals surface area (Å²) in [5.74, 6) is 0.297. The Morgan fingerprint density at radius 3 is 2.64 bits per heavy atom. The first-order valence-corrected chi connectivity index (χ1v) is 9.20. The molecule has 0 bridgehead atoms. The van der Waals surface area contributed by atoms with Crippen LogP contribution in [0.5, 0.6) is 0 Å². The van der Waals surface area contributed by atoms with Gasteiger partial charge >= 0.3 is 0 Å². The first-order chi connectivity index (χ1) is 13.6. The Morgan fingerprint density at radius 1 is 1.00 bits per heavy atom. The van der Waals surface area contributed by atoms with Gasteiger partial charge in [0.25, 0.3) is 5.91 Å². The number of aromatic nitrogens is 1. The third kappa shape index (κ3) is 3.88. The van der Waals surface area contributed by atoms with Gasteiger partial charge in [-0.3, -0.25) is 15.1 Å². The van der Waals surface area contributed by atoms with Crippen molar-refractivity contribution in [3.63, 3.8) is 0 Å². The molecule has 0 atom stereocenters. The van der Waals surface area contributed by atoms with Crippen LogP contribution >= 0.6 is 23.8 Å². The third-order valence-electron chi connectivity index (χ3n) is 4.08. The highest BCUT2D eigenvalue weighted by Crippen LogP contribution is 2.24. The maximum Gasteiger partial charge on any atom is 0.293 e. The molecule has 0 unspecified atom stereocenters. The molecule has 1 amide bonds. The lowest BCUT2D eigenvalue weighted by Crippen LogP contribution is -2.33. The molecule has 0 saturated heterocycles. The predicted molar refractivity (Wildman–Crippen MR) is 115 cm³/mol. The molecule has 138 valence electrons. The van der Waals surface area contributed by atoms with Crippen LogP contribution in [0.1, 0.15) is 10.6 Å². The number of fused-ring (bicyclic) bond motifs is 1. The van der Waals surface area contributed by atoms with Gasteiger partial charge in [-0.2, -0.15) is 0 Å². The Kier molecular flexibility index (Phi) is 5.06. The smallest absolute Gasteiger partial charge is 0.293 e. The molecular weight excluding hydrogens is 394 g/mol. The van der Waals surface area contributed by atoms with E-state index in [1.54, 1.807) is 30.5 Å². The van der Waals surface area contributed by atoms with Crippen LogP contribution < -0.4 is 10.6 Å². The van der Waals surface area contributed by atoms with Crippen LogP contribution in [0, 0.1) is 0 Å². The van der Waals surface area contributed by atoms with Crippen LogP contribution in [0.15, 0.2) is 77.3 Å². The molecule has 2 heterocycles. The molecule has 0 saturated carbocycles. The number of thiocarbonyl (C=S) groups is 1. The van der Waals surface area contributed by atoms with E-state index in [-0.39, 0.29) is 10.9 Å². The minimum atomic E-state index is -0.434. The van der Waals surface area contributed by atoms with Crippen LogP contribution in [0.2, 0.25) is 5.02 Å². The van der Waals surface area contributed by atoms with Crippen molar-refractivity contribution < 1.29 is 9.21 Å². The highest BCUT2D eigenvalue weighted by molar-refractivity contribution is 7.80. The first kappa shape index (κ1) is 18.2. The standard InChI is InChI=1S/C21H14ClN3O2S/c22-14-8-6-13(7-9-14)18-10-11-19(27-18)20(26)25-21(28)24-17-5-1-4-16-15(17)3-2-12-23-16/h1-12H,(H2,24,25,26,28). The van der Waals surface area contributed by atoms with Crippen molar-refractivity contribution >= 4 is 51.4 Å².